The molecular formula is C16H25NO2. The standard InChI is InChI=1S/C16H25NO2/c1-12-4-5-13(2)16(10-12,11-18)17-14-6-8-15(19-3)9-7-14/h6-9,12-13,17-18H,4-5,10-11H2,1-3H3. The highest BCUT2D eigenvalue weighted by Gasteiger charge is 2.40. The number of aliphatic hydroxyl groups excluding tert-OH is 1. The highest BCUT2D eigenvalue weighted by atomic mass is 16.5. The van der Waals surface area contributed by atoms with E-state index in [9.17, 15) is 5.11 Å². The van der Waals surface area contributed by atoms with Gasteiger partial charge in [0.2, 0.25) is 0 Å². The fraction of sp³-hybridized carbons (Fsp3) is 0.625. The number of methoxy groups -OCH3 is 1. The van der Waals surface area contributed by atoms with Gasteiger partial charge in [0.15, 0.2) is 0 Å². The van der Waals surface area contributed by atoms with Gasteiger partial charge in [0.05, 0.1) is 19.3 Å². The van der Waals surface area contributed by atoms with E-state index in [1.807, 2.05) is 24.3 Å². The highest BCUT2D eigenvalue weighted by Crippen LogP contribution is 2.39. The van der Waals surface area contributed by atoms with Crippen molar-refractivity contribution in [3.8, 4) is 5.75 Å². The summed E-state index contributed by atoms with van der Waals surface area (Å²) < 4.78 is 5.17. The first-order chi connectivity index (χ1) is 9.09. The molecule has 106 valence electrons. The van der Waals surface area contributed by atoms with E-state index in [2.05, 4.69) is 19.2 Å². The van der Waals surface area contributed by atoms with E-state index in [-0.39, 0.29) is 12.1 Å². The second-order valence-electron chi connectivity index (χ2n) is 5.96. The van der Waals surface area contributed by atoms with Gasteiger partial charge in [0.25, 0.3) is 0 Å². The number of aliphatic hydroxyl groups is 1. The molecule has 3 unspecified atom stereocenters. The van der Waals surface area contributed by atoms with Crippen molar-refractivity contribution in [2.45, 2.75) is 38.6 Å². The molecule has 3 atom stereocenters. The maximum absolute atomic E-state index is 9.90. The van der Waals surface area contributed by atoms with Gasteiger partial charge in [-0.1, -0.05) is 20.3 Å². The lowest BCUT2D eigenvalue weighted by Crippen LogP contribution is -2.51. The van der Waals surface area contributed by atoms with Crippen LogP contribution in [0.5, 0.6) is 5.75 Å². The lowest BCUT2D eigenvalue weighted by Gasteiger charge is -2.45. The van der Waals surface area contributed by atoms with E-state index in [0.29, 0.717) is 11.8 Å². The zero-order chi connectivity index (χ0) is 13.9. The summed E-state index contributed by atoms with van der Waals surface area (Å²) in [6, 6.07) is 7.93. The molecule has 0 radical (unpaired) electrons. The van der Waals surface area contributed by atoms with Crippen molar-refractivity contribution in [2.75, 3.05) is 19.0 Å². The van der Waals surface area contributed by atoms with Gasteiger partial charge >= 0.3 is 0 Å². The molecule has 0 spiro atoms. The van der Waals surface area contributed by atoms with Crippen LogP contribution in [0.3, 0.4) is 0 Å². The van der Waals surface area contributed by atoms with Crippen LogP contribution in [0.1, 0.15) is 33.1 Å². The van der Waals surface area contributed by atoms with Crippen molar-refractivity contribution >= 4 is 5.69 Å². The molecule has 1 aliphatic carbocycles. The highest BCUT2D eigenvalue weighted by molar-refractivity contribution is 5.48. The van der Waals surface area contributed by atoms with Crippen LogP contribution in [-0.2, 0) is 0 Å². The zero-order valence-corrected chi connectivity index (χ0v) is 12.1. The molecule has 0 amide bonds. The summed E-state index contributed by atoms with van der Waals surface area (Å²) in [4.78, 5) is 0. The summed E-state index contributed by atoms with van der Waals surface area (Å²) >= 11 is 0. The Labute approximate surface area is 116 Å². The Bertz CT molecular complexity index is 404. The molecule has 0 saturated heterocycles. The maximum Gasteiger partial charge on any atom is 0.119 e. The smallest absolute Gasteiger partial charge is 0.119 e. The van der Waals surface area contributed by atoms with Crippen molar-refractivity contribution in [2.24, 2.45) is 11.8 Å². The molecule has 1 aromatic rings. The molecule has 1 fully saturated rings. The molecule has 2 rings (SSSR count). The minimum Gasteiger partial charge on any atom is -0.497 e. The zero-order valence-electron chi connectivity index (χ0n) is 12.1. The van der Waals surface area contributed by atoms with Crippen LogP contribution in [0, 0.1) is 11.8 Å². The minimum atomic E-state index is -0.188. The Hall–Kier alpha value is -1.22. The van der Waals surface area contributed by atoms with Crippen molar-refractivity contribution in [1.82, 2.24) is 0 Å². The second-order valence-corrected chi connectivity index (χ2v) is 5.96. The third-order valence-electron chi connectivity index (χ3n) is 4.51. The van der Waals surface area contributed by atoms with Crippen LogP contribution in [-0.4, -0.2) is 24.4 Å². The summed E-state index contributed by atoms with van der Waals surface area (Å²) in [6.45, 7) is 4.69. The number of nitrogens with one attached hydrogen (secondary N) is 1. The molecule has 1 aromatic carbocycles. The summed E-state index contributed by atoms with van der Waals surface area (Å²) in [5.74, 6) is 2.00. The summed E-state index contributed by atoms with van der Waals surface area (Å²) in [7, 11) is 1.67. The number of hydrogen-bond acceptors (Lipinski definition) is 3. The summed E-state index contributed by atoms with van der Waals surface area (Å²) in [6.07, 6.45) is 3.45. The normalized spacial score (nSPS) is 30.9. The maximum atomic E-state index is 9.90. The predicted octanol–water partition coefficient (Wildman–Crippen LogP) is 3.29. The molecule has 1 saturated carbocycles. The van der Waals surface area contributed by atoms with Crippen LogP contribution in [0.2, 0.25) is 0 Å². The molecule has 3 heteroatoms. The van der Waals surface area contributed by atoms with Crippen molar-refractivity contribution in [3.63, 3.8) is 0 Å². The molecule has 19 heavy (non-hydrogen) atoms. The number of benzene rings is 1. The number of ether oxygens (including phenoxy) is 1. The quantitative estimate of drug-likeness (QED) is 0.876. The van der Waals surface area contributed by atoms with Gasteiger partial charge in [0.1, 0.15) is 5.75 Å². The number of rotatable bonds is 4. The first-order valence-electron chi connectivity index (χ1n) is 7.13. The van der Waals surface area contributed by atoms with Crippen molar-refractivity contribution < 1.29 is 9.84 Å². The molecule has 2 N–H and O–H groups in total. The minimum absolute atomic E-state index is 0.185. The first-order valence-corrected chi connectivity index (χ1v) is 7.13. The Kier molecular flexibility index (Phi) is 4.35. The Morgan fingerprint density at radius 1 is 1.26 bits per heavy atom. The largest absolute Gasteiger partial charge is 0.497 e. The Morgan fingerprint density at radius 2 is 1.95 bits per heavy atom. The van der Waals surface area contributed by atoms with Crippen molar-refractivity contribution in [3.05, 3.63) is 24.3 Å². The van der Waals surface area contributed by atoms with Crippen molar-refractivity contribution in [1.29, 1.82) is 0 Å². The van der Waals surface area contributed by atoms with Crippen LogP contribution in [0.4, 0.5) is 5.69 Å². The molecule has 0 bridgehead atoms. The fourth-order valence-corrected chi connectivity index (χ4v) is 3.13. The number of hydrogen-bond donors (Lipinski definition) is 2. The molecular weight excluding hydrogens is 238 g/mol. The van der Waals surface area contributed by atoms with Gasteiger partial charge in [-0.2, -0.15) is 0 Å². The molecule has 3 nitrogen and oxygen atoms in total. The Morgan fingerprint density at radius 3 is 2.53 bits per heavy atom. The van der Waals surface area contributed by atoms with Crippen LogP contribution in [0.15, 0.2) is 24.3 Å². The van der Waals surface area contributed by atoms with E-state index in [4.69, 9.17) is 4.74 Å². The van der Waals surface area contributed by atoms with Gasteiger partial charge in [-0.15, -0.1) is 0 Å². The fourth-order valence-electron chi connectivity index (χ4n) is 3.13. The van der Waals surface area contributed by atoms with Crippen LogP contribution in [0.25, 0.3) is 0 Å². The van der Waals surface area contributed by atoms with Gasteiger partial charge in [-0.3, -0.25) is 0 Å². The Balaban J connectivity index is 2.16. The third-order valence-corrected chi connectivity index (χ3v) is 4.51. The lowest BCUT2D eigenvalue weighted by atomic mass is 9.70. The van der Waals surface area contributed by atoms with E-state index < -0.39 is 0 Å². The van der Waals surface area contributed by atoms with Crippen LogP contribution < -0.4 is 10.1 Å². The SMILES string of the molecule is COc1ccc(NC2(CO)CC(C)CCC2C)cc1. The number of anilines is 1. The van der Waals surface area contributed by atoms with Crippen LogP contribution >= 0.6 is 0 Å². The third kappa shape index (κ3) is 3.03. The van der Waals surface area contributed by atoms with Gasteiger partial charge in [-0.25, -0.2) is 0 Å². The topological polar surface area (TPSA) is 41.5 Å². The molecule has 1 aliphatic rings. The average molecular weight is 263 g/mol. The van der Waals surface area contributed by atoms with Gasteiger partial charge < -0.3 is 15.2 Å². The van der Waals surface area contributed by atoms with Gasteiger partial charge in [-0.05, 0) is 48.9 Å². The summed E-state index contributed by atoms with van der Waals surface area (Å²) in [5, 5.41) is 13.5. The molecule has 0 aromatic heterocycles. The first kappa shape index (κ1) is 14.2. The average Bonchev–Trinajstić information content (AvgIpc) is 2.43. The molecule has 0 aliphatic heterocycles. The van der Waals surface area contributed by atoms with E-state index in [1.54, 1.807) is 7.11 Å². The monoisotopic (exact) mass is 263 g/mol. The van der Waals surface area contributed by atoms with E-state index >= 15 is 0 Å². The predicted molar refractivity (Wildman–Crippen MR) is 78.6 cm³/mol. The second kappa shape index (κ2) is 5.83. The van der Waals surface area contributed by atoms with E-state index in [0.717, 1.165) is 17.9 Å². The lowest BCUT2D eigenvalue weighted by molar-refractivity contribution is 0.103. The summed E-state index contributed by atoms with van der Waals surface area (Å²) in [5.41, 5.74) is 0.863. The molecule has 0 heterocycles. The van der Waals surface area contributed by atoms with E-state index in [1.165, 1.54) is 12.8 Å². The van der Waals surface area contributed by atoms with Gasteiger partial charge in [0, 0.05) is 5.69 Å².